The van der Waals surface area contributed by atoms with E-state index in [9.17, 15) is 0 Å². The van der Waals surface area contributed by atoms with Crippen LogP contribution in [0.2, 0.25) is 0 Å². The zero-order valence-corrected chi connectivity index (χ0v) is 8.99. The fourth-order valence-corrected chi connectivity index (χ4v) is 2.41. The molecule has 0 spiro atoms. The van der Waals surface area contributed by atoms with Crippen LogP contribution in [0.5, 0.6) is 0 Å². The quantitative estimate of drug-likeness (QED) is 0.599. The van der Waals surface area contributed by atoms with Crippen molar-refractivity contribution in [3.8, 4) is 0 Å². The van der Waals surface area contributed by atoms with Crippen molar-refractivity contribution in [2.75, 3.05) is 0 Å². The Kier molecular flexibility index (Phi) is 1.69. The molecule has 0 saturated carbocycles. The SMILES string of the molecule is Cc1cccc2c1=C1C(=CC=CC1C)N=2. The second-order valence-electron chi connectivity index (χ2n) is 4.22. The molecule has 0 aromatic heterocycles. The number of aryl methyl sites for hydroxylation is 1. The van der Waals surface area contributed by atoms with Crippen LogP contribution in [0.3, 0.4) is 0 Å². The first-order valence-electron chi connectivity index (χ1n) is 5.35. The third-order valence-corrected chi connectivity index (χ3v) is 3.15. The summed E-state index contributed by atoms with van der Waals surface area (Å²) >= 11 is 0. The van der Waals surface area contributed by atoms with E-state index in [-0.39, 0.29) is 0 Å². The number of hydrogen-bond acceptors (Lipinski definition) is 1. The summed E-state index contributed by atoms with van der Waals surface area (Å²) in [6, 6.07) is 6.34. The Labute approximate surface area is 89.2 Å². The van der Waals surface area contributed by atoms with Crippen LogP contribution in [0.15, 0.2) is 47.1 Å². The highest BCUT2D eigenvalue weighted by Crippen LogP contribution is 2.27. The van der Waals surface area contributed by atoms with Crippen molar-refractivity contribution < 1.29 is 0 Å². The number of allylic oxidation sites excluding steroid dienone is 4. The smallest absolute Gasteiger partial charge is 0.0715 e. The van der Waals surface area contributed by atoms with Crippen LogP contribution in [0.4, 0.5) is 0 Å². The standard InChI is InChI=1S/C14H13N/c1-9-5-3-7-11-13(9)14-10(2)6-4-8-12(14)15-11/h3-9H,1-2H3. The van der Waals surface area contributed by atoms with Gasteiger partial charge in [-0.25, -0.2) is 4.99 Å². The summed E-state index contributed by atoms with van der Waals surface area (Å²) in [7, 11) is 0. The number of benzene rings is 1. The van der Waals surface area contributed by atoms with Gasteiger partial charge in [-0.15, -0.1) is 0 Å². The Balaban J connectivity index is 2.49. The molecule has 0 fully saturated rings. The van der Waals surface area contributed by atoms with E-state index < -0.39 is 0 Å². The van der Waals surface area contributed by atoms with Crippen LogP contribution in [-0.2, 0) is 0 Å². The molecule has 1 aliphatic heterocycles. The Bertz CT molecular complexity index is 603. The highest BCUT2D eigenvalue weighted by molar-refractivity contribution is 5.72. The zero-order chi connectivity index (χ0) is 10.4. The van der Waals surface area contributed by atoms with Crippen molar-refractivity contribution in [2.45, 2.75) is 13.8 Å². The predicted octanol–water partition coefficient (Wildman–Crippen LogP) is 1.87. The highest BCUT2D eigenvalue weighted by atomic mass is 14.8. The van der Waals surface area contributed by atoms with Gasteiger partial charge in [-0.2, -0.15) is 0 Å². The Morgan fingerprint density at radius 1 is 1.27 bits per heavy atom. The first-order valence-corrected chi connectivity index (χ1v) is 5.35. The molecule has 3 rings (SSSR count). The van der Waals surface area contributed by atoms with Crippen LogP contribution in [-0.4, -0.2) is 0 Å². The summed E-state index contributed by atoms with van der Waals surface area (Å²) < 4.78 is 0. The van der Waals surface area contributed by atoms with Crippen molar-refractivity contribution in [1.82, 2.24) is 0 Å². The molecule has 74 valence electrons. The second kappa shape index (κ2) is 2.93. The van der Waals surface area contributed by atoms with Crippen LogP contribution in [0.25, 0.3) is 5.57 Å². The summed E-state index contributed by atoms with van der Waals surface area (Å²) in [5.41, 5.74) is 3.87. The molecule has 1 nitrogen and oxygen atoms in total. The molecule has 1 heterocycles. The van der Waals surface area contributed by atoms with Crippen LogP contribution in [0, 0.1) is 12.8 Å². The zero-order valence-electron chi connectivity index (χ0n) is 8.99. The molecule has 1 aromatic carbocycles. The van der Waals surface area contributed by atoms with E-state index in [2.05, 4.69) is 55.3 Å². The maximum Gasteiger partial charge on any atom is 0.0715 e. The molecule has 1 aromatic rings. The summed E-state index contributed by atoms with van der Waals surface area (Å²) in [4.78, 5) is 4.66. The molecule has 1 unspecified atom stereocenters. The maximum absolute atomic E-state index is 4.66. The van der Waals surface area contributed by atoms with Crippen molar-refractivity contribution in [2.24, 2.45) is 10.9 Å². The molecule has 0 saturated heterocycles. The van der Waals surface area contributed by atoms with Gasteiger partial charge in [0.25, 0.3) is 0 Å². The lowest BCUT2D eigenvalue weighted by Gasteiger charge is -2.13. The number of rotatable bonds is 0. The topological polar surface area (TPSA) is 12.4 Å². The summed E-state index contributed by atoms with van der Waals surface area (Å²) in [6.45, 7) is 4.39. The maximum atomic E-state index is 4.66. The summed E-state index contributed by atoms with van der Waals surface area (Å²) in [5.74, 6) is 0.482. The normalized spacial score (nSPS) is 21.9. The third kappa shape index (κ3) is 1.13. The van der Waals surface area contributed by atoms with Crippen molar-refractivity contribution in [1.29, 1.82) is 0 Å². The third-order valence-electron chi connectivity index (χ3n) is 3.15. The predicted molar refractivity (Wildman–Crippen MR) is 61.8 cm³/mol. The van der Waals surface area contributed by atoms with E-state index in [1.165, 1.54) is 16.4 Å². The van der Waals surface area contributed by atoms with E-state index >= 15 is 0 Å². The first kappa shape index (κ1) is 8.66. The van der Waals surface area contributed by atoms with Gasteiger partial charge in [0.05, 0.1) is 11.1 Å². The number of fused-ring (bicyclic) bond motifs is 2. The molecular weight excluding hydrogens is 182 g/mol. The van der Waals surface area contributed by atoms with Gasteiger partial charge in [0.2, 0.25) is 0 Å². The summed E-state index contributed by atoms with van der Waals surface area (Å²) in [5, 5.41) is 2.48. The van der Waals surface area contributed by atoms with Crippen LogP contribution >= 0.6 is 0 Å². The van der Waals surface area contributed by atoms with E-state index in [0.29, 0.717) is 5.92 Å². The lowest BCUT2D eigenvalue weighted by molar-refractivity contribution is 0.943. The molecule has 1 aliphatic carbocycles. The van der Waals surface area contributed by atoms with Gasteiger partial charge < -0.3 is 0 Å². The minimum atomic E-state index is 0.482. The fourth-order valence-electron chi connectivity index (χ4n) is 2.41. The molecule has 1 heteroatoms. The summed E-state index contributed by atoms with van der Waals surface area (Å²) in [6.07, 6.45) is 6.44. The van der Waals surface area contributed by atoms with Crippen LogP contribution < -0.4 is 10.6 Å². The Morgan fingerprint density at radius 3 is 3.00 bits per heavy atom. The fraction of sp³-hybridized carbons (Fsp3) is 0.214. The number of hydrogen-bond donors (Lipinski definition) is 0. The van der Waals surface area contributed by atoms with Crippen molar-refractivity contribution in [3.05, 3.63) is 58.3 Å². The van der Waals surface area contributed by atoms with Crippen molar-refractivity contribution in [3.63, 3.8) is 0 Å². The minimum absolute atomic E-state index is 0.482. The monoisotopic (exact) mass is 195 g/mol. The second-order valence-corrected chi connectivity index (χ2v) is 4.22. The molecule has 2 aliphatic rings. The van der Waals surface area contributed by atoms with Gasteiger partial charge in [0.15, 0.2) is 0 Å². The number of nitrogens with zero attached hydrogens (tertiary/aromatic N) is 1. The lowest BCUT2D eigenvalue weighted by atomic mass is 9.92. The molecule has 0 N–H and O–H groups in total. The van der Waals surface area contributed by atoms with Gasteiger partial charge in [0.1, 0.15) is 0 Å². The molecule has 15 heavy (non-hydrogen) atoms. The molecule has 0 bridgehead atoms. The van der Waals surface area contributed by atoms with Crippen molar-refractivity contribution >= 4 is 5.57 Å². The molecule has 1 atom stereocenters. The van der Waals surface area contributed by atoms with Gasteiger partial charge in [0, 0.05) is 11.1 Å². The molecule has 0 amide bonds. The minimum Gasteiger partial charge on any atom is -0.248 e. The Morgan fingerprint density at radius 2 is 2.13 bits per heavy atom. The molecule has 0 radical (unpaired) electrons. The molecular formula is C14H13N. The van der Waals surface area contributed by atoms with Crippen LogP contribution in [0.1, 0.15) is 12.5 Å². The Hall–Kier alpha value is -1.63. The van der Waals surface area contributed by atoms with Gasteiger partial charge in [-0.1, -0.05) is 31.2 Å². The highest BCUT2D eigenvalue weighted by Gasteiger charge is 2.19. The lowest BCUT2D eigenvalue weighted by Crippen LogP contribution is -2.27. The van der Waals surface area contributed by atoms with Gasteiger partial charge in [-0.05, 0) is 30.2 Å². The van der Waals surface area contributed by atoms with E-state index in [1.54, 1.807) is 0 Å². The van der Waals surface area contributed by atoms with Gasteiger partial charge >= 0.3 is 0 Å². The first-order chi connectivity index (χ1) is 7.27. The van der Waals surface area contributed by atoms with E-state index in [0.717, 1.165) is 11.1 Å². The van der Waals surface area contributed by atoms with Gasteiger partial charge in [-0.3, -0.25) is 0 Å². The van der Waals surface area contributed by atoms with E-state index in [1.807, 2.05) is 0 Å². The largest absolute Gasteiger partial charge is 0.248 e. The van der Waals surface area contributed by atoms with E-state index in [4.69, 9.17) is 0 Å². The average molecular weight is 195 g/mol. The average Bonchev–Trinajstić information content (AvgIpc) is 2.58.